The third-order valence-electron chi connectivity index (χ3n) is 4.21. The third-order valence-corrected chi connectivity index (χ3v) is 5.54. The van der Waals surface area contributed by atoms with E-state index < -0.39 is 0 Å². The molecule has 3 rings (SSSR count). The first kappa shape index (κ1) is 19.9. The molecule has 1 atom stereocenters. The topological polar surface area (TPSA) is 77.2 Å². The van der Waals surface area contributed by atoms with Crippen LogP contribution in [0.2, 0.25) is 0 Å². The summed E-state index contributed by atoms with van der Waals surface area (Å²) in [5.41, 5.74) is 1.67. The second-order valence-corrected chi connectivity index (χ2v) is 7.33. The Bertz CT molecular complexity index is 928. The van der Waals surface area contributed by atoms with Crippen LogP contribution >= 0.6 is 11.8 Å². The van der Waals surface area contributed by atoms with Crippen LogP contribution in [0.4, 0.5) is 0 Å². The number of hydrogen-bond donors (Lipinski definition) is 1. The van der Waals surface area contributed by atoms with E-state index in [4.69, 9.17) is 4.74 Å². The number of carbonyl (C=O) groups is 1. The van der Waals surface area contributed by atoms with Crippen molar-refractivity contribution in [1.29, 1.82) is 0 Å². The SMILES string of the molecule is CCOC(=O)C(CC)Sc1nnc(-c2ccccc2O)n1Cc1ccccc1. The molecule has 0 aliphatic carbocycles. The van der Waals surface area contributed by atoms with Crippen molar-refractivity contribution in [3.05, 3.63) is 60.2 Å². The quantitative estimate of drug-likeness (QED) is 0.455. The van der Waals surface area contributed by atoms with E-state index in [1.807, 2.05) is 47.9 Å². The number of rotatable bonds is 8. The predicted octanol–water partition coefficient (Wildman–Crippen LogP) is 4.13. The lowest BCUT2D eigenvalue weighted by molar-refractivity contribution is -0.142. The van der Waals surface area contributed by atoms with E-state index in [9.17, 15) is 9.90 Å². The van der Waals surface area contributed by atoms with Crippen LogP contribution in [0.3, 0.4) is 0 Å². The molecule has 0 aliphatic heterocycles. The van der Waals surface area contributed by atoms with Crippen molar-refractivity contribution in [3.8, 4) is 17.1 Å². The summed E-state index contributed by atoms with van der Waals surface area (Å²) >= 11 is 1.34. The van der Waals surface area contributed by atoms with Gasteiger partial charge in [0.15, 0.2) is 11.0 Å². The van der Waals surface area contributed by atoms with Gasteiger partial charge in [0.05, 0.1) is 18.7 Å². The smallest absolute Gasteiger partial charge is 0.319 e. The first-order valence-corrected chi connectivity index (χ1v) is 10.1. The highest BCUT2D eigenvalue weighted by molar-refractivity contribution is 8.00. The standard InChI is InChI=1S/C21H23N3O3S/c1-3-18(20(26)27-4-2)28-21-23-22-19(16-12-8-9-13-17(16)25)24(21)14-15-10-6-5-7-11-15/h5-13,18,25H,3-4,14H2,1-2H3. The summed E-state index contributed by atoms with van der Waals surface area (Å²) in [5, 5.41) is 19.2. The molecule has 0 amide bonds. The number of aromatic nitrogens is 3. The molecule has 2 aromatic carbocycles. The van der Waals surface area contributed by atoms with Crippen molar-refractivity contribution >= 4 is 17.7 Å². The number of phenolic OH excluding ortho intramolecular Hbond substituents is 1. The minimum Gasteiger partial charge on any atom is -0.507 e. The summed E-state index contributed by atoms with van der Waals surface area (Å²) in [6.45, 7) is 4.61. The molecule has 146 valence electrons. The van der Waals surface area contributed by atoms with E-state index in [0.29, 0.717) is 36.1 Å². The molecular weight excluding hydrogens is 374 g/mol. The van der Waals surface area contributed by atoms with Crippen LogP contribution in [0.15, 0.2) is 59.8 Å². The first-order valence-electron chi connectivity index (χ1n) is 9.22. The predicted molar refractivity (Wildman–Crippen MR) is 109 cm³/mol. The van der Waals surface area contributed by atoms with E-state index in [-0.39, 0.29) is 17.0 Å². The van der Waals surface area contributed by atoms with Gasteiger partial charge in [-0.1, -0.05) is 61.2 Å². The van der Waals surface area contributed by atoms with Crippen molar-refractivity contribution in [2.24, 2.45) is 0 Å². The van der Waals surface area contributed by atoms with Gasteiger partial charge in [-0.2, -0.15) is 0 Å². The Labute approximate surface area is 168 Å². The van der Waals surface area contributed by atoms with Crippen LogP contribution in [0.25, 0.3) is 11.4 Å². The van der Waals surface area contributed by atoms with E-state index in [1.54, 1.807) is 25.1 Å². The lowest BCUT2D eigenvalue weighted by Crippen LogP contribution is -2.20. The summed E-state index contributed by atoms with van der Waals surface area (Å²) < 4.78 is 7.11. The number of ether oxygens (including phenoxy) is 1. The summed E-state index contributed by atoms with van der Waals surface area (Å²) in [4.78, 5) is 12.2. The van der Waals surface area contributed by atoms with Gasteiger partial charge in [-0.25, -0.2) is 0 Å². The zero-order valence-electron chi connectivity index (χ0n) is 15.9. The van der Waals surface area contributed by atoms with Crippen molar-refractivity contribution in [2.45, 2.75) is 37.2 Å². The molecule has 28 heavy (non-hydrogen) atoms. The first-order chi connectivity index (χ1) is 13.6. The van der Waals surface area contributed by atoms with Crippen molar-refractivity contribution in [2.75, 3.05) is 6.61 Å². The number of para-hydroxylation sites is 1. The molecule has 1 heterocycles. The molecule has 0 bridgehead atoms. The Morgan fingerprint density at radius 3 is 2.50 bits per heavy atom. The van der Waals surface area contributed by atoms with Gasteiger partial charge in [0.2, 0.25) is 0 Å². The minimum absolute atomic E-state index is 0.137. The summed E-state index contributed by atoms with van der Waals surface area (Å²) in [7, 11) is 0. The monoisotopic (exact) mass is 397 g/mol. The average Bonchev–Trinajstić information content (AvgIpc) is 3.09. The molecule has 0 saturated heterocycles. The largest absolute Gasteiger partial charge is 0.507 e. The second-order valence-electron chi connectivity index (χ2n) is 6.16. The lowest BCUT2D eigenvalue weighted by Gasteiger charge is -2.15. The number of esters is 1. The Kier molecular flexibility index (Phi) is 6.71. The van der Waals surface area contributed by atoms with Crippen LogP contribution in [0.5, 0.6) is 5.75 Å². The maximum atomic E-state index is 12.2. The molecular formula is C21H23N3O3S. The molecule has 0 saturated carbocycles. The molecule has 7 heteroatoms. The molecule has 6 nitrogen and oxygen atoms in total. The van der Waals surface area contributed by atoms with Gasteiger partial charge in [0, 0.05) is 0 Å². The fourth-order valence-electron chi connectivity index (χ4n) is 2.81. The highest BCUT2D eigenvalue weighted by Gasteiger charge is 2.24. The fraction of sp³-hybridized carbons (Fsp3) is 0.286. The number of aromatic hydroxyl groups is 1. The van der Waals surface area contributed by atoms with Crippen molar-refractivity contribution in [3.63, 3.8) is 0 Å². The van der Waals surface area contributed by atoms with Gasteiger partial charge in [-0.05, 0) is 31.0 Å². The van der Waals surface area contributed by atoms with Crippen molar-refractivity contribution < 1.29 is 14.6 Å². The lowest BCUT2D eigenvalue weighted by atomic mass is 10.1. The van der Waals surface area contributed by atoms with Crippen LogP contribution in [0.1, 0.15) is 25.8 Å². The maximum absolute atomic E-state index is 12.2. The molecule has 1 N–H and O–H groups in total. The van der Waals surface area contributed by atoms with Crippen LogP contribution in [-0.4, -0.2) is 37.7 Å². The van der Waals surface area contributed by atoms with Gasteiger partial charge in [-0.3, -0.25) is 9.36 Å². The average molecular weight is 398 g/mol. The third kappa shape index (κ3) is 4.54. The van der Waals surface area contributed by atoms with E-state index in [1.165, 1.54) is 11.8 Å². The number of carbonyl (C=O) groups excluding carboxylic acids is 1. The van der Waals surface area contributed by atoms with E-state index in [2.05, 4.69) is 10.2 Å². The fourth-order valence-corrected chi connectivity index (χ4v) is 3.76. The number of benzene rings is 2. The summed E-state index contributed by atoms with van der Waals surface area (Å²) in [5.74, 6) is 0.440. The normalized spacial score (nSPS) is 11.9. The maximum Gasteiger partial charge on any atom is 0.319 e. The Morgan fingerprint density at radius 2 is 1.82 bits per heavy atom. The Morgan fingerprint density at radius 1 is 1.11 bits per heavy atom. The number of nitrogens with zero attached hydrogens (tertiary/aromatic N) is 3. The molecule has 0 aliphatic rings. The van der Waals surface area contributed by atoms with Gasteiger partial charge in [0.25, 0.3) is 0 Å². The number of hydrogen-bond acceptors (Lipinski definition) is 6. The van der Waals surface area contributed by atoms with Crippen LogP contribution in [-0.2, 0) is 16.1 Å². The molecule has 1 unspecified atom stereocenters. The van der Waals surface area contributed by atoms with Gasteiger partial charge in [0.1, 0.15) is 11.0 Å². The van der Waals surface area contributed by atoms with Crippen LogP contribution in [0, 0.1) is 0 Å². The Hall–Kier alpha value is -2.80. The number of phenols is 1. The molecule has 0 radical (unpaired) electrons. The number of thioether (sulfide) groups is 1. The molecule has 3 aromatic rings. The zero-order chi connectivity index (χ0) is 19.9. The van der Waals surface area contributed by atoms with Gasteiger partial charge < -0.3 is 9.84 Å². The zero-order valence-corrected chi connectivity index (χ0v) is 16.7. The highest BCUT2D eigenvalue weighted by Crippen LogP contribution is 2.33. The Balaban J connectivity index is 2.00. The molecule has 0 spiro atoms. The van der Waals surface area contributed by atoms with Gasteiger partial charge >= 0.3 is 5.97 Å². The summed E-state index contributed by atoms with van der Waals surface area (Å²) in [6, 6.07) is 17.0. The molecule has 1 aromatic heterocycles. The molecule has 0 fully saturated rings. The highest BCUT2D eigenvalue weighted by atomic mass is 32.2. The van der Waals surface area contributed by atoms with Crippen LogP contribution < -0.4 is 0 Å². The summed E-state index contributed by atoms with van der Waals surface area (Å²) in [6.07, 6.45) is 0.619. The van der Waals surface area contributed by atoms with Crippen molar-refractivity contribution in [1.82, 2.24) is 14.8 Å². The van der Waals surface area contributed by atoms with E-state index in [0.717, 1.165) is 5.56 Å². The second kappa shape index (κ2) is 9.41. The minimum atomic E-state index is -0.365. The van der Waals surface area contributed by atoms with E-state index >= 15 is 0 Å². The van der Waals surface area contributed by atoms with Gasteiger partial charge in [-0.15, -0.1) is 10.2 Å².